The van der Waals surface area contributed by atoms with E-state index in [9.17, 15) is 26.5 Å². The van der Waals surface area contributed by atoms with E-state index in [1.807, 2.05) is 0 Å². The highest BCUT2D eigenvalue weighted by Crippen LogP contribution is 2.38. The summed E-state index contributed by atoms with van der Waals surface area (Å²) >= 11 is 0. The van der Waals surface area contributed by atoms with Crippen LogP contribution in [-0.4, -0.2) is 37.1 Å². The van der Waals surface area contributed by atoms with Gasteiger partial charge in [-0.25, -0.2) is 0 Å². The molecule has 1 aliphatic carbocycles. The number of hydrogen-bond donors (Lipinski definition) is 4. The van der Waals surface area contributed by atoms with E-state index in [2.05, 4.69) is 0 Å². The Morgan fingerprint density at radius 1 is 1.15 bits per heavy atom. The molecule has 110 valence electrons. The Bertz CT molecular complexity index is 797. The molecule has 0 saturated carbocycles. The van der Waals surface area contributed by atoms with Crippen LogP contribution >= 0.6 is 0 Å². The molecule has 0 bridgehead atoms. The van der Waals surface area contributed by atoms with Crippen LogP contribution in [0.25, 0.3) is 6.08 Å². The van der Waals surface area contributed by atoms with Gasteiger partial charge < -0.3 is 10.8 Å². The van der Waals surface area contributed by atoms with Crippen molar-refractivity contribution < 1.29 is 31.0 Å². The second kappa shape index (κ2) is 4.35. The number of benzene rings is 1. The molecule has 2 atom stereocenters. The molecule has 0 saturated heterocycles. The highest BCUT2D eigenvalue weighted by atomic mass is 32.2. The Kier molecular flexibility index (Phi) is 3.28. The minimum absolute atomic E-state index is 0.152. The number of rotatable bonds is 2. The summed E-state index contributed by atoms with van der Waals surface area (Å²) in [6.45, 7) is 0. The molecule has 10 heteroatoms. The Balaban J connectivity index is 2.83. The van der Waals surface area contributed by atoms with Crippen LogP contribution in [0, 0.1) is 0 Å². The van der Waals surface area contributed by atoms with Gasteiger partial charge in [0.1, 0.15) is 0 Å². The number of fused-ring (bicyclic) bond motifs is 1. The molecule has 2 unspecified atom stereocenters. The van der Waals surface area contributed by atoms with Gasteiger partial charge in [0.15, 0.2) is 0 Å². The van der Waals surface area contributed by atoms with Crippen LogP contribution in [0.3, 0.4) is 0 Å². The summed E-state index contributed by atoms with van der Waals surface area (Å²) in [5, 5.41) is 10.2. The predicted molar refractivity (Wildman–Crippen MR) is 68.7 cm³/mol. The smallest absolute Gasteiger partial charge is 0.301 e. The fourth-order valence-electron chi connectivity index (χ4n) is 1.98. The van der Waals surface area contributed by atoms with Crippen molar-refractivity contribution in [2.24, 2.45) is 5.73 Å². The van der Waals surface area contributed by atoms with Crippen LogP contribution in [0.4, 0.5) is 0 Å². The fourth-order valence-corrected chi connectivity index (χ4v) is 3.36. The summed E-state index contributed by atoms with van der Waals surface area (Å²) in [6, 6.07) is 1.46. The van der Waals surface area contributed by atoms with E-state index >= 15 is 0 Å². The third-order valence-corrected chi connectivity index (χ3v) is 5.17. The molecule has 0 radical (unpaired) electrons. The summed E-state index contributed by atoms with van der Waals surface area (Å²) < 4.78 is 63.2. The van der Waals surface area contributed by atoms with Gasteiger partial charge in [-0.15, -0.1) is 0 Å². The maximum Gasteiger partial charge on any atom is 0.301 e. The molecule has 0 fully saturated rings. The molecule has 1 aromatic carbocycles. The average molecular weight is 321 g/mol. The van der Waals surface area contributed by atoms with E-state index in [0.717, 1.165) is 18.2 Å². The Labute approximate surface area is 115 Å². The molecular weight excluding hydrogens is 310 g/mol. The van der Waals surface area contributed by atoms with Crippen LogP contribution in [-0.2, 0) is 25.2 Å². The topological polar surface area (TPSA) is 155 Å². The molecule has 20 heavy (non-hydrogen) atoms. The number of aliphatic hydroxyl groups is 1. The first kappa shape index (κ1) is 15.1. The zero-order valence-corrected chi connectivity index (χ0v) is 11.5. The number of hydrogen-bond acceptors (Lipinski definition) is 6. The average Bonchev–Trinajstić information content (AvgIpc) is 2.31. The first-order valence-electron chi connectivity index (χ1n) is 5.23. The zero-order chi connectivity index (χ0) is 15.3. The molecule has 1 aliphatic rings. The third kappa shape index (κ3) is 2.16. The molecule has 0 amide bonds. The lowest BCUT2D eigenvalue weighted by atomic mass is 9.91. The van der Waals surface area contributed by atoms with E-state index in [0.29, 0.717) is 0 Å². The van der Waals surface area contributed by atoms with Gasteiger partial charge in [0.2, 0.25) is 4.93 Å². The van der Waals surface area contributed by atoms with Gasteiger partial charge in [-0.2, -0.15) is 16.8 Å². The van der Waals surface area contributed by atoms with Crippen molar-refractivity contribution >= 4 is 26.3 Å². The van der Waals surface area contributed by atoms with E-state index in [1.165, 1.54) is 12.1 Å². The lowest BCUT2D eigenvalue weighted by molar-refractivity contribution is 0.0971. The lowest BCUT2D eigenvalue weighted by Crippen LogP contribution is -2.51. The van der Waals surface area contributed by atoms with Crippen LogP contribution < -0.4 is 5.73 Å². The maximum atomic E-state index is 11.4. The van der Waals surface area contributed by atoms with Crippen molar-refractivity contribution in [1.29, 1.82) is 0 Å². The molecule has 8 nitrogen and oxygen atoms in total. The quantitative estimate of drug-likeness (QED) is 0.522. The van der Waals surface area contributed by atoms with E-state index in [-0.39, 0.29) is 5.56 Å². The number of nitrogens with two attached hydrogens (primary N) is 1. The lowest BCUT2D eigenvalue weighted by Gasteiger charge is -2.33. The standard InChI is InChI=1S/C10H11NO7S2/c11-9-4-2-6-1-3-7(19(13,14)15)5-8(6)10(9,12)20(16,17)18/h1-5,9,12H,11H2,(H,13,14,15)(H,16,17,18). The third-order valence-electron chi connectivity index (χ3n) is 3.04. The second-order valence-electron chi connectivity index (χ2n) is 4.28. The molecule has 5 N–H and O–H groups in total. The van der Waals surface area contributed by atoms with Crippen LogP contribution in [0.2, 0.25) is 0 Å². The molecule has 1 aromatic rings. The van der Waals surface area contributed by atoms with Gasteiger partial charge >= 0.3 is 10.1 Å². The summed E-state index contributed by atoms with van der Waals surface area (Å²) in [5.74, 6) is 0. The Morgan fingerprint density at radius 3 is 2.25 bits per heavy atom. The van der Waals surface area contributed by atoms with Crippen LogP contribution in [0.5, 0.6) is 0 Å². The van der Waals surface area contributed by atoms with Crippen LogP contribution in [0.1, 0.15) is 11.1 Å². The first-order valence-corrected chi connectivity index (χ1v) is 8.11. The van der Waals surface area contributed by atoms with Gasteiger partial charge in [0.05, 0.1) is 10.9 Å². The first-order chi connectivity index (χ1) is 8.98. The summed E-state index contributed by atoms with van der Waals surface area (Å²) in [5.41, 5.74) is 5.21. The highest BCUT2D eigenvalue weighted by molar-refractivity contribution is 7.86. The van der Waals surface area contributed by atoms with E-state index in [4.69, 9.17) is 10.3 Å². The molecule has 2 rings (SSSR count). The molecule has 0 spiro atoms. The van der Waals surface area contributed by atoms with Crippen molar-refractivity contribution in [3.63, 3.8) is 0 Å². The Morgan fingerprint density at radius 2 is 1.75 bits per heavy atom. The van der Waals surface area contributed by atoms with E-state index < -0.39 is 41.7 Å². The van der Waals surface area contributed by atoms with Gasteiger partial charge in [-0.3, -0.25) is 9.11 Å². The largest absolute Gasteiger partial charge is 0.368 e. The van der Waals surface area contributed by atoms with Crippen molar-refractivity contribution in [3.05, 3.63) is 35.4 Å². The SMILES string of the molecule is NC1C=Cc2ccc(S(=O)(=O)O)cc2C1(O)S(=O)(=O)O. The van der Waals surface area contributed by atoms with Gasteiger partial charge in [0.25, 0.3) is 10.1 Å². The minimum atomic E-state index is -5.05. The van der Waals surface area contributed by atoms with Crippen molar-refractivity contribution in [2.45, 2.75) is 15.9 Å². The van der Waals surface area contributed by atoms with Gasteiger partial charge in [-0.1, -0.05) is 18.2 Å². The van der Waals surface area contributed by atoms with Gasteiger partial charge in [0, 0.05) is 5.56 Å². The van der Waals surface area contributed by atoms with Crippen molar-refractivity contribution in [3.8, 4) is 0 Å². The monoisotopic (exact) mass is 321 g/mol. The fraction of sp³-hybridized carbons (Fsp3) is 0.200. The van der Waals surface area contributed by atoms with Crippen molar-refractivity contribution in [1.82, 2.24) is 0 Å². The highest BCUT2D eigenvalue weighted by Gasteiger charge is 2.50. The Hall–Kier alpha value is -1.30. The van der Waals surface area contributed by atoms with Crippen molar-refractivity contribution in [2.75, 3.05) is 0 Å². The summed E-state index contributed by atoms with van der Waals surface area (Å²) in [7, 11) is -9.65. The second-order valence-corrected chi connectivity index (χ2v) is 7.27. The van der Waals surface area contributed by atoms with Crippen LogP contribution in [0.15, 0.2) is 29.2 Å². The van der Waals surface area contributed by atoms with E-state index in [1.54, 1.807) is 0 Å². The summed E-state index contributed by atoms with van der Waals surface area (Å²) in [4.78, 5) is -3.52. The maximum absolute atomic E-state index is 11.4. The van der Waals surface area contributed by atoms with Gasteiger partial charge in [-0.05, 0) is 17.7 Å². The minimum Gasteiger partial charge on any atom is -0.368 e. The molecule has 0 heterocycles. The molecule has 0 aliphatic heterocycles. The predicted octanol–water partition coefficient (Wildman–Crippen LogP) is -0.680. The molecule has 0 aromatic heterocycles. The summed E-state index contributed by atoms with van der Waals surface area (Å²) in [6.07, 6.45) is 2.52. The zero-order valence-electron chi connectivity index (χ0n) is 9.83. The normalized spacial score (nSPS) is 26.3. The molecular formula is C10H11NO7S2.